The Morgan fingerprint density at radius 1 is 1.53 bits per heavy atom. The van der Waals surface area contributed by atoms with Gasteiger partial charge in [-0.15, -0.1) is 11.3 Å². The molecule has 2 unspecified atom stereocenters. The lowest BCUT2D eigenvalue weighted by atomic mass is 10.3. The van der Waals surface area contributed by atoms with Crippen molar-refractivity contribution in [2.45, 2.75) is 32.4 Å². The molecule has 0 saturated heterocycles. The maximum Gasteiger partial charge on any atom is 0.183 e. The van der Waals surface area contributed by atoms with E-state index in [-0.39, 0.29) is 5.25 Å². The molecule has 86 valence electrons. The molecule has 0 aromatic carbocycles. The number of nitrogens with one attached hydrogen (secondary N) is 1. The molecule has 1 N–H and O–H groups in total. The molecule has 1 rings (SSSR count). The summed E-state index contributed by atoms with van der Waals surface area (Å²) >= 11 is 1.68. The van der Waals surface area contributed by atoms with E-state index in [1.807, 2.05) is 13.8 Å². The van der Waals surface area contributed by atoms with Crippen LogP contribution in [0.4, 0.5) is 5.13 Å². The van der Waals surface area contributed by atoms with E-state index in [1.165, 1.54) is 4.88 Å². The maximum absolute atomic E-state index is 11.1. The third kappa shape index (κ3) is 3.91. The summed E-state index contributed by atoms with van der Waals surface area (Å²) in [5.74, 6) is 0. The quantitative estimate of drug-likeness (QED) is 0.867. The lowest BCUT2D eigenvalue weighted by Gasteiger charge is -2.07. The minimum absolute atomic E-state index is 0.250. The molecule has 2 atom stereocenters. The van der Waals surface area contributed by atoms with Crippen LogP contribution in [-0.4, -0.2) is 27.2 Å². The van der Waals surface area contributed by atoms with Crippen molar-refractivity contribution in [3.05, 3.63) is 10.6 Å². The van der Waals surface area contributed by atoms with Gasteiger partial charge >= 0.3 is 0 Å². The standard InChI is InChI=1S/C10H18N2OS2/c1-7(15(4)13)5-6-11-10-12-8(2)9(3)14-10/h7H,5-6H2,1-4H3,(H,11,12). The van der Waals surface area contributed by atoms with Crippen LogP contribution in [0.5, 0.6) is 0 Å². The molecule has 3 nitrogen and oxygen atoms in total. The zero-order valence-corrected chi connectivity index (χ0v) is 11.3. The maximum atomic E-state index is 11.1. The predicted molar refractivity (Wildman–Crippen MR) is 68.2 cm³/mol. The summed E-state index contributed by atoms with van der Waals surface area (Å²) in [6.45, 7) is 6.94. The van der Waals surface area contributed by atoms with Crippen LogP contribution in [0.15, 0.2) is 0 Å². The molecule has 15 heavy (non-hydrogen) atoms. The molecule has 1 aromatic rings. The van der Waals surface area contributed by atoms with Crippen molar-refractivity contribution in [2.75, 3.05) is 18.1 Å². The fourth-order valence-electron chi connectivity index (χ4n) is 1.10. The Morgan fingerprint density at radius 2 is 2.20 bits per heavy atom. The third-order valence-electron chi connectivity index (χ3n) is 2.42. The minimum atomic E-state index is -0.724. The van der Waals surface area contributed by atoms with Gasteiger partial charge in [-0.2, -0.15) is 0 Å². The molecule has 0 bridgehead atoms. The van der Waals surface area contributed by atoms with Crippen molar-refractivity contribution in [3.8, 4) is 0 Å². The Balaban J connectivity index is 2.35. The SMILES string of the molecule is Cc1nc(NCCC(C)S(C)=O)sc1C. The summed E-state index contributed by atoms with van der Waals surface area (Å²) in [5.41, 5.74) is 1.09. The smallest absolute Gasteiger partial charge is 0.183 e. The lowest BCUT2D eigenvalue weighted by molar-refractivity contribution is 0.672. The molecule has 1 heterocycles. The zero-order valence-electron chi connectivity index (χ0n) is 9.66. The van der Waals surface area contributed by atoms with Gasteiger partial charge in [0.2, 0.25) is 0 Å². The van der Waals surface area contributed by atoms with E-state index in [0.29, 0.717) is 0 Å². The van der Waals surface area contributed by atoms with E-state index >= 15 is 0 Å². The average Bonchev–Trinajstić information content (AvgIpc) is 2.46. The second kappa shape index (κ2) is 5.61. The van der Waals surface area contributed by atoms with Gasteiger partial charge in [0, 0.05) is 33.7 Å². The van der Waals surface area contributed by atoms with Crippen LogP contribution in [0.25, 0.3) is 0 Å². The van der Waals surface area contributed by atoms with Gasteiger partial charge in [0.05, 0.1) is 5.69 Å². The van der Waals surface area contributed by atoms with Crippen molar-refractivity contribution in [1.82, 2.24) is 4.98 Å². The van der Waals surface area contributed by atoms with E-state index < -0.39 is 10.8 Å². The summed E-state index contributed by atoms with van der Waals surface area (Å²) in [7, 11) is -0.724. The average molecular weight is 246 g/mol. The molecular formula is C10H18N2OS2. The first kappa shape index (κ1) is 12.6. The second-order valence-corrected chi connectivity index (χ2v) is 6.69. The van der Waals surface area contributed by atoms with Crippen LogP contribution in [0, 0.1) is 13.8 Å². The van der Waals surface area contributed by atoms with Gasteiger partial charge in [-0.05, 0) is 20.3 Å². The number of nitrogens with zero attached hydrogens (tertiary/aromatic N) is 1. The van der Waals surface area contributed by atoms with Crippen LogP contribution < -0.4 is 5.32 Å². The molecule has 1 aromatic heterocycles. The van der Waals surface area contributed by atoms with Crippen molar-refractivity contribution in [2.24, 2.45) is 0 Å². The van der Waals surface area contributed by atoms with Gasteiger partial charge in [-0.1, -0.05) is 6.92 Å². The van der Waals surface area contributed by atoms with Gasteiger partial charge in [-0.3, -0.25) is 4.21 Å². The van der Waals surface area contributed by atoms with Gasteiger partial charge in [-0.25, -0.2) is 4.98 Å². The molecule has 0 aliphatic rings. The Morgan fingerprint density at radius 3 is 2.67 bits per heavy atom. The second-order valence-electron chi connectivity index (χ2n) is 3.69. The van der Waals surface area contributed by atoms with Crippen molar-refractivity contribution >= 4 is 27.3 Å². The predicted octanol–water partition coefficient (Wildman–Crippen LogP) is 2.33. The normalized spacial score (nSPS) is 14.9. The number of rotatable bonds is 5. The monoisotopic (exact) mass is 246 g/mol. The number of thiazole rings is 1. The molecule has 5 heteroatoms. The number of aryl methyl sites for hydroxylation is 2. The Labute approximate surface area is 97.8 Å². The first-order valence-electron chi connectivity index (χ1n) is 5.01. The first-order valence-corrected chi connectivity index (χ1v) is 7.44. The summed E-state index contributed by atoms with van der Waals surface area (Å²) in [4.78, 5) is 5.64. The Bertz CT molecular complexity index is 330. The summed E-state index contributed by atoms with van der Waals surface area (Å²) in [6, 6.07) is 0. The van der Waals surface area contributed by atoms with E-state index in [0.717, 1.165) is 23.8 Å². The van der Waals surface area contributed by atoms with Gasteiger partial charge in [0.15, 0.2) is 5.13 Å². The Hall–Kier alpha value is -0.420. The summed E-state index contributed by atoms with van der Waals surface area (Å²) in [6.07, 6.45) is 2.67. The number of hydrogen-bond acceptors (Lipinski definition) is 4. The van der Waals surface area contributed by atoms with E-state index in [2.05, 4.69) is 17.2 Å². The fourth-order valence-corrected chi connectivity index (χ4v) is 2.39. The molecule has 0 aliphatic carbocycles. The van der Waals surface area contributed by atoms with Gasteiger partial charge in [0.25, 0.3) is 0 Å². The lowest BCUT2D eigenvalue weighted by Crippen LogP contribution is -2.14. The molecule has 0 radical (unpaired) electrons. The van der Waals surface area contributed by atoms with E-state index in [4.69, 9.17) is 0 Å². The fraction of sp³-hybridized carbons (Fsp3) is 0.700. The highest BCUT2D eigenvalue weighted by molar-refractivity contribution is 7.84. The minimum Gasteiger partial charge on any atom is -0.361 e. The molecule has 0 amide bonds. The number of anilines is 1. The van der Waals surface area contributed by atoms with Crippen LogP contribution in [-0.2, 0) is 10.8 Å². The highest BCUT2D eigenvalue weighted by Crippen LogP contribution is 2.20. The van der Waals surface area contributed by atoms with Crippen LogP contribution in [0.1, 0.15) is 23.9 Å². The largest absolute Gasteiger partial charge is 0.361 e. The topological polar surface area (TPSA) is 42.0 Å². The molecule has 0 spiro atoms. The van der Waals surface area contributed by atoms with Crippen molar-refractivity contribution < 1.29 is 4.21 Å². The highest BCUT2D eigenvalue weighted by Gasteiger charge is 2.06. The molecule has 0 fully saturated rings. The van der Waals surface area contributed by atoms with Crippen LogP contribution in [0.2, 0.25) is 0 Å². The highest BCUT2D eigenvalue weighted by atomic mass is 32.2. The molecular weight excluding hydrogens is 228 g/mol. The van der Waals surface area contributed by atoms with Gasteiger partial charge < -0.3 is 5.32 Å². The summed E-state index contributed by atoms with van der Waals surface area (Å²) in [5, 5.41) is 4.49. The third-order valence-corrected chi connectivity index (χ3v) is 4.82. The Kier molecular flexibility index (Phi) is 4.73. The number of hydrogen-bond donors (Lipinski definition) is 1. The molecule has 0 aliphatic heterocycles. The zero-order chi connectivity index (χ0) is 11.4. The first-order chi connectivity index (χ1) is 7.00. The number of aromatic nitrogens is 1. The van der Waals surface area contributed by atoms with Crippen LogP contribution >= 0.6 is 11.3 Å². The molecule has 0 saturated carbocycles. The van der Waals surface area contributed by atoms with Crippen LogP contribution in [0.3, 0.4) is 0 Å². The van der Waals surface area contributed by atoms with E-state index in [1.54, 1.807) is 17.6 Å². The van der Waals surface area contributed by atoms with Crippen molar-refractivity contribution in [1.29, 1.82) is 0 Å². The van der Waals surface area contributed by atoms with Crippen molar-refractivity contribution in [3.63, 3.8) is 0 Å². The van der Waals surface area contributed by atoms with E-state index in [9.17, 15) is 4.21 Å². The summed E-state index contributed by atoms with van der Waals surface area (Å²) < 4.78 is 11.1. The van der Waals surface area contributed by atoms with Gasteiger partial charge in [0.1, 0.15) is 0 Å².